The first kappa shape index (κ1) is 28.7. The molecule has 0 aliphatic rings. The molecule has 4 aromatic rings. The van der Waals surface area contributed by atoms with Gasteiger partial charge in [-0.1, -0.05) is 50.9 Å². The minimum absolute atomic E-state index is 0.696. The lowest BCUT2D eigenvalue weighted by Crippen LogP contribution is -2.25. The molecule has 0 unspecified atom stereocenters. The number of nitrogens with zero attached hydrogens (tertiary/aromatic N) is 3. The second-order valence-electron chi connectivity index (χ2n) is 9.73. The number of imidazole rings is 1. The molecule has 39 heavy (non-hydrogen) atoms. The van der Waals surface area contributed by atoms with E-state index in [2.05, 4.69) is 72.8 Å². The van der Waals surface area contributed by atoms with Gasteiger partial charge in [-0.2, -0.15) is 0 Å². The molecule has 0 aliphatic carbocycles. The predicted octanol–water partition coefficient (Wildman–Crippen LogP) is 8.50. The molecular weight excluding hydrogens is 506 g/mol. The van der Waals surface area contributed by atoms with Crippen LogP contribution in [0.2, 0.25) is 5.02 Å². The molecule has 0 bridgehead atoms. The van der Waals surface area contributed by atoms with Crippen LogP contribution < -0.4 is 9.47 Å². The second kappa shape index (κ2) is 14.8. The monoisotopic (exact) mass is 545 g/mol. The zero-order chi connectivity index (χ0) is 27.5. The van der Waals surface area contributed by atoms with Crippen molar-refractivity contribution in [1.29, 1.82) is 0 Å². The van der Waals surface area contributed by atoms with E-state index < -0.39 is 0 Å². The molecular formula is C33H40ClN3O2. The smallest absolute Gasteiger partial charge is 0.127 e. The SMILES string of the molecule is CCCCc1nc(-c2ccc(OCCCN(CC)CC)cc2)cn1Cc1ccc(Oc2ccc(Cl)cc2)cc1. The van der Waals surface area contributed by atoms with Crippen molar-refractivity contribution in [3.8, 4) is 28.5 Å². The molecule has 0 atom stereocenters. The standard InChI is InChI=1S/C33H40ClN3O2/c1-4-7-9-33-35-32(27-12-18-29(19-13-27)38-23-8-22-36(5-2)6-3)25-37(33)24-26-10-16-30(17-11-26)39-31-20-14-28(34)15-21-31/h10-21,25H,4-9,22-24H2,1-3H3. The number of aromatic nitrogens is 2. The summed E-state index contributed by atoms with van der Waals surface area (Å²) in [7, 11) is 0. The van der Waals surface area contributed by atoms with Crippen LogP contribution in [-0.4, -0.2) is 40.7 Å². The van der Waals surface area contributed by atoms with Crippen molar-refractivity contribution in [1.82, 2.24) is 14.5 Å². The van der Waals surface area contributed by atoms with E-state index in [-0.39, 0.29) is 0 Å². The Morgan fingerprint density at radius 2 is 1.44 bits per heavy atom. The first-order valence-corrected chi connectivity index (χ1v) is 14.5. The normalized spacial score (nSPS) is 11.2. The van der Waals surface area contributed by atoms with Crippen molar-refractivity contribution >= 4 is 11.6 Å². The highest BCUT2D eigenvalue weighted by Gasteiger charge is 2.11. The Balaban J connectivity index is 1.39. The maximum Gasteiger partial charge on any atom is 0.127 e. The first-order chi connectivity index (χ1) is 19.1. The Hall–Kier alpha value is -3.28. The van der Waals surface area contributed by atoms with E-state index in [1.807, 2.05) is 36.4 Å². The van der Waals surface area contributed by atoms with Gasteiger partial charge in [-0.3, -0.25) is 0 Å². The van der Waals surface area contributed by atoms with Crippen LogP contribution in [0, 0.1) is 0 Å². The van der Waals surface area contributed by atoms with Crippen molar-refractivity contribution in [3.05, 3.63) is 95.4 Å². The average molecular weight is 546 g/mol. The minimum Gasteiger partial charge on any atom is -0.494 e. The van der Waals surface area contributed by atoms with Crippen LogP contribution in [0.3, 0.4) is 0 Å². The third-order valence-electron chi connectivity index (χ3n) is 6.87. The van der Waals surface area contributed by atoms with Crippen LogP contribution in [0.15, 0.2) is 79.0 Å². The highest BCUT2D eigenvalue weighted by atomic mass is 35.5. The van der Waals surface area contributed by atoms with Crippen LogP contribution >= 0.6 is 11.6 Å². The van der Waals surface area contributed by atoms with Gasteiger partial charge in [0.2, 0.25) is 0 Å². The van der Waals surface area contributed by atoms with Crippen LogP contribution in [0.4, 0.5) is 0 Å². The number of hydrogen-bond donors (Lipinski definition) is 0. The zero-order valence-corrected chi connectivity index (χ0v) is 24.2. The number of ether oxygens (including phenoxy) is 2. The highest BCUT2D eigenvalue weighted by molar-refractivity contribution is 6.30. The van der Waals surface area contributed by atoms with Gasteiger partial charge in [0.1, 0.15) is 23.1 Å². The van der Waals surface area contributed by atoms with Gasteiger partial charge < -0.3 is 18.9 Å². The van der Waals surface area contributed by atoms with Crippen molar-refractivity contribution < 1.29 is 9.47 Å². The largest absolute Gasteiger partial charge is 0.494 e. The Morgan fingerprint density at radius 3 is 2.08 bits per heavy atom. The molecule has 0 saturated heterocycles. The molecule has 0 radical (unpaired) electrons. The lowest BCUT2D eigenvalue weighted by atomic mass is 10.1. The van der Waals surface area contributed by atoms with E-state index in [0.29, 0.717) is 5.02 Å². The topological polar surface area (TPSA) is 39.5 Å². The molecule has 0 saturated carbocycles. The Morgan fingerprint density at radius 1 is 0.795 bits per heavy atom. The maximum absolute atomic E-state index is 5.98. The van der Waals surface area contributed by atoms with Crippen molar-refractivity contribution in [2.24, 2.45) is 0 Å². The van der Waals surface area contributed by atoms with E-state index >= 15 is 0 Å². The summed E-state index contributed by atoms with van der Waals surface area (Å²) in [5.74, 6) is 3.59. The second-order valence-corrected chi connectivity index (χ2v) is 10.2. The van der Waals surface area contributed by atoms with E-state index in [1.54, 1.807) is 0 Å². The average Bonchev–Trinajstić information content (AvgIpc) is 3.37. The van der Waals surface area contributed by atoms with E-state index in [4.69, 9.17) is 26.1 Å². The quantitative estimate of drug-likeness (QED) is 0.140. The summed E-state index contributed by atoms with van der Waals surface area (Å²) in [6, 6.07) is 24.0. The van der Waals surface area contributed by atoms with E-state index in [1.165, 1.54) is 5.56 Å². The number of unbranched alkanes of at least 4 members (excludes halogenated alkanes) is 1. The molecule has 1 aromatic heterocycles. The van der Waals surface area contributed by atoms with Gasteiger partial charge in [-0.15, -0.1) is 0 Å². The Labute approximate surface area is 238 Å². The summed E-state index contributed by atoms with van der Waals surface area (Å²) >= 11 is 5.98. The third-order valence-corrected chi connectivity index (χ3v) is 7.12. The molecule has 4 rings (SSSR count). The number of benzene rings is 3. The third kappa shape index (κ3) is 8.61. The number of hydrogen-bond acceptors (Lipinski definition) is 4. The summed E-state index contributed by atoms with van der Waals surface area (Å²) in [4.78, 5) is 7.44. The molecule has 0 N–H and O–H groups in total. The lowest BCUT2D eigenvalue weighted by molar-refractivity contribution is 0.249. The molecule has 5 nitrogen and oxygen atoms in total. The molecule has 0 aliphatic heterocycles. The molecule has 0 spiro atoms. The molecule has 206 valence electrons. The zero-order valence-electron chi connectivity index (χ0n) is 23.4. The van der Waals surface area contributed by atoms with E-state index in [0.717, 1.165) is 92.8 Å². The highest BCUT2D eigenvalue weighted by Crippen LogP contribution is 2.26. The fraction of sp³-hybridized carbons (Fsp3) is 0.364. The minimum atomic E-state index is 0.696. The van der Waals surface area contributed by atoms with Gasteiger partial charge in [0.05, 0.1) is 12.3 Å². The summed E-state index contributed by atoms with van der Waals surface area (Å²) < 4.78 is 14.2. The van der Waals surface area contributed by atoms with Gasteiger partial charge >= 0.3 is 0 Å². The number of halogens is 1. The summed E-state index contributed by atoms with van der Waals surface area (Å²) in [6.07, 6.45) is 6.41. The van der Waals surface area contributed by atoms with Crippen molar-refractivity contribution in [2.45, 2.75) is 53.0 Å². The van der Waals surface area contributed by atoms with Gasteiger partial charge in [0.25, 0.3) is 0 Å². The Bertz CT molecular complexity index is 1260. The summed E-state index contributed by atoms with van der Waals surface area (Å²) in [6.45, 7) is 11.4. The van der Waals surface area contributed by atoms with Crippen LogP contribution in [0.1, 0.15) is 51.4 Å². The van der Waals surface area contributed by atoms with Crippen LogP contribution in [-0.2, 0) is 13.0 Å². The van der Waals surface area contributed by atoms with Crippen molar-refractivity contribution in [2.75, 3.05) is 26.2 Å². The number of aryl methyl sites for hydroxylation is 1. The van der Waals surface area contributed by atoms with Crippen molar-refractivity contribution in [3.63, 3.8) is 0 Å². The molecule has 3 aromatic carbocycles. The van der Waals surface area contributed by atoms with Gasteiger partial charge in [0.15, 0.2) is 0 Å². The van der Waals surface area contributed by atoms with Crippen LogP contribution in [0.25, 0.3) is 11.3 Å². The summed E-state index contributed by atoms with van der Waals surface area (Å²) in [5.41, 5.74) is 3.30. The summed E-state index contributed by atoms with van der Waals surface area (Å²) in [5, 5.41) is 0.696. The fourth-order valence-corrected chi connectivity index (χ4v) is 4.63. The molecule has 6 heteroatoms. The van der Waals surface area contributed by atoms with Gasteiger partial charge in [0, 0.05) is 36.3 Å². The number of rotatable bonds is 15. The van der Waals surface area contributed by atoms with Gasteiger partial charge in [-0.25, -0.2) is 4.98 Å². The predicted molar refractivity (Wildman–Crippen MR) is 161 cm³/mol. The molecule has 1 heterocycles. The molecule has 0 fully saturated rings. The fourth-order valence-electron chi connectivity index (χ4n) is 4.50. The van der Waals surface area contributed by atoms with E-state index in [9.17, 15) is 0 Å². The first-order valence-electron chi connectivity index (χ1n) is 14.1. The maximum atomic E-state index is 5.98. The Kier molecular flexibility index (Phi) is 10.9. The molecule has 0 amide bonds. The van der Waals surface area contributed by atoms with Crippen LogP contribution in [0.5, 0.6) is 17.2 Å². The van der Waals surface area contributed by atoms with Gasteiger partial charge in [-0.05, 0) is 92.2 Å². The lowest BCUT2D eigenvalue weighted by Gasteiger charge is -2.17.